The van der Waals surface area contributed by atoms with Crippen molar-refractivity contribution < 1.29 is 13.5 Å². The van der Waals surface area contributed by atoms with Gasteiger partial charge in [0.05, 0.1) is 6.54 Å². The number of benzene rings is 1. The molecule has 2 rings (SSSR count). The van der Waals surface area contributed by atoms with E-state index in [1.54, 1.807) is 24.4 Å². The van der Waals surface area contributed by atoms with E-state index < -0.39 is 6.61 Å². The van der Waals surface area contributed by atoms with Crippen molar-refractivity contribution in [2.75, 3.05) is 13.1 Å². The van der Waals surface area contributed by atoms with Crippen LogP contribution in [0.1, 0.15) is 18.1 Å². The molecule has 0 bridgehead atoms. The summed E-state index contributed by atoms with van der Waals surface area (Å²) >= 11 is 5.77. The maximum atomic E-state index is 12.3. The van der Waals surface area contributed by atoms with Gasteiger partial charge in [-0.2, -0.15) is 8.78 Å². The molecular formula is C18H22ClF2IN4O. The van der Waals surface area contributed by atoms with Crippen molar-refractivity contribution in [3.63, 3.8) is 0 Å². The highest BCUT2D eigenvalue weighted by Crippen LogP contribution is 2.16. The molecule has 2 aromatic rings. The second-order valence-corrected chi connectivity index (χ2v) is 5.77. The summed E-state index contributed by atoms with van der Waals surface area (Å²) in [5, 5.41) is 6.84. The average molecular weight is 511 g/mol. The fourth-order valence-corrected chi connectivity index (χ4v) is 2.32. The average Bonchev–Trinajstić information content (AvgIpc) is 2.61. The summed E-state index contributed by atoms with van der Waals surface area (Å²) in [5.41, 5.74) is 1.84. The summed E-state index contributed by atoms with van der Waals surface area (Å²) in [6.45, 7) is 0.859. The van der Waals surface area contributed by atoms with E-state index in [4.69, 9.17) is 11.6 Å². The van der Waals surface area contributed by atoms with Crippen LogP contribution in [0.15, 0.2) is 47.6 Å². The van der Waals surface area contributed by atoms with Crippen molar-refractivity contribution in [2.45, 2.75) is 26.5 Å². The Morgan fingerprint density at radius 1 is 1.22 bits per heavy atom. The zero-order valence-electron chi connectivity index (χ0n) is 14.8. The summed E-state index contributed by atoms with van der Waals surface area (Å²) in [4.78, 5) is 8.51. The van der Waals surface area contributed by atoms with Gasteiger partial charge in [-0.3, -0.25) is 0 Å². The molecule has 1 aromatic heterocycles. The minimum absolute atomic E-state index is 0. The minimum atomic E-state index is -2.84. The summed E-state index contributed by atoms with van der Waals surface area (Å²) in [6.07, 6.45) is 2.51. The number of rotatable bonds is 8. The van der Waals surface area contributed by atoms with Crippen LogP contribution in [0, 0.1) is 0 Å². The van der Waals surface area contributed by atoms with E-state index in [0.717, 1.165) is 17.5 Å². The highest BCUT2D eigenvalue weighted by atomic mass is 127. The number of pyridine rings is 1. The minimum Gasteiger partial charge on any atom is -0.435 e. The number of aliphatic imine (C=N–C) groups is 1. The second-order valence-electron chi connectivity index (χ2n) is 5.39. The van der Waals surface area contributed by atoms with Gasteiger partial charge >= 0.3 is 6.61 Å². The van der Waals surface area contributed by atoms with E-state index in [1.165, 1.54) is 6.07 Å². The third-order valence-corrected chi connectivity index (χ3v) is 3.61. The van der Waals surface area contributed by atoms with E-state index in [9.17, 15) is 8.78 Å². The first-order valence-electron chi connectivity index (χ1n) is 8.23. The quantitative estimate of drug-likeness (QED) is 0.241. The first-order chi connectivity index (χ1) is 12.6. The molecule has 0 saturated carbocycles. The largest absolute Gasteiger partial charge is 0.435 e. The maximum Gasteiger partial charge on any atom is 0.387 e. The molecule has 0 atom stereocenters. The Bertz CT molecular complexity index is 717. The Morgan fingerprint density at radius 2 is 2.04 bits per heavy atom. The van der Waals surface area contributed by atoms with Crippen LogP contribution in [0.4, 0.5) is 8.78 Å². The van der Waals surface area contributed by atoms with Crippen molar-refractivity contribution in [1.82, 2.24) is 15.6 Å². The Morgan fingerprint density at radius 3 is 2.70 bits per heavy atom. The molecule has 0 unspecified atom stereocenters. The lowest BCUT2D eigenvalue weighted by molar-refractivity contribution is -0.0498. The van der Waals surface area contributed by atoms with Crippen molar-refractivity contribution >= 4 is 41.5 Å². The highest BCUT2D eigenvalue weighted by Gasteiger charge is 2.05. The van der Waals surface area contributed by atoms with Crippen LogP contribution in [0.3, 0.4) is 0 Å². The summed E-state index contributed by atoms with van der Waals surface area (Å²) in [6, 6.07) is 10.2. The SMILES string of the molecule is CCNC(=NCc1cccc(OC(F)F)c1)NCCc1ccc(Cl)nc1.I. The third kappa shape index (κ3) is 9.18. The monoisotopic (exact) mass is 510 g/mol. The second kappa shape index (κ2) is 12.7. The van der Waals surface area contributed by atoms with Gasteiger partial charge in [-0.15, -0.1) is 24.0 Å². The number of hydrogen-bond acceptors (Lipinski definition) is 3. The molecule has 0 aliphatic carbocycles. The predicted octanol–water partition coefficient (Wildman–Crippen LogP) is 4.25. The molecule has 1 heterocycles. The first kappa shape index (κ1) is 23.4. The van der Waals surface area contributed by atoms with Gasteiger partial charge in [-0.05, 0) is 42.7 Å². The summed E-state index contributed by atoms with van der Waals surface area (Å²) in [7, 11) is 0. The standard InChI is InChI=1S/C18H21ClF2N4O.HI/c1-2-22-18(23-9-8-13-6-7-16(19)24-11-13)25-12-14-4-3-5-15(10-14)26-17(20)21;/h3-7,10-11,17H,2,8-9,12H2,1H3,(H2,22,23,25);1H. The molecule has 9 heteroatoms. The lowest BCUT2D eigenvalue weighted by atomic mass is 10.2. The van der Waals surface area contributed by atoms with Gasteiger partial charge in [0.1, 0.15) is 10.9 Å². The molecule has 0 radical (unpaired) electrons. The van der Waals surface area contributed by atoms with Crippen LogP contribution in [0.25, 0.3) is 0 Å². The van der Waals surface area contributed by atoms with Crippen molar-refractivity contribution in [3.8, 4) is 5.75 Å². The molecular weight excluding hydrogens is 489 g/mol. The van der Waals surface area contributed by atoms with Crippen LogP contribution in [0.5, 0.6) is 5.75 Å². The maximum absolute atomic E-state index is 12.3. The number of alkyl halides is 2. The predicted molar refractivity (Wildman–Crippen MR) is 114 cm³/mol. The third-order valence-electron chi connectivity index (χ3n) is 3.38. The van der Waals surface area contributed by atoms with Gasteiger partial charge in [0.25, 0.3) is 0 Å². The van der Waals surface area contributed by atoms with Crippen molar-refractivity contribution in [2.24, 2.45) is 4.99 Å². The van der Waals surface area contributed by atoms with Crippen LogP contribution in [0.2, 0.25) is 5.15 Å². The molecule has 0 fully saturated rings. The number of nitrogens with zero attached hydrogens (tertiary/aromatic N) is 2. The normalized spacial score (nSPS) is 11.1. The fraction of sp³-hybridized carbons (Fsp3) is 0.333. The van der Waals surface area contributed by atoms with Gasteiger partial charge < -0.3 is 15.4 Å². The van der Waals surface area contributed by atoms with Crippen molar-refractivity contribution in [1.29, 1.82) is 0 Å². The summed E-state index contributed by atoms with van der Waals surface area (Å²) < 4.78 is 29.0. The molecule has 2 N–H and O–H groups in total. The fourth-order valence-electron chi connectivity index (χ4n) is 2.21. The van der Waals surface area contributed by atoms with Gasteiger partial charge in [-0.1, -0.05) is 29.8 Å². The molecule has 0 aliphatic rings. The Kier molecular flexibility index (Phi) is 11.0. The molecule has 27 heavy (non-hydrogen) atoms. The molecule has 0 amide bonds. The van der Waals surface area contributed by atoms with Gasteiger partial charge in [0, 0.05) is 19.3 Å². The van der Waals surface area contributed by atoms with E-state index in [0.29, 0.717) is 30.7 Å². The first-order valence-corrected chi connectivity index (χ1v) is 8.61. The van der Waals surface area contributed by atoms with Gasteiger partial charge in [0.2, 0.25) is 0 Å². The van der Waals surface area contributed by atoms with Crippen LogP contribution < -0.4 is 15.4 Å². The summed E-state index contributed by atoms with van der Waals surface area (Å²) in [5.74, 6) is 0.774. The van der Waals surface area contributed by atoms with Gasteiger partial charge in [-0.25, -0.2) is 9.98 Å². The molecule has 148 valence electrons. The zero-order valence-corrected chi connectivity index (χ0v) is 17.9. The molecule has 1 aromatic carbocycles. The Hall–Kier alpha value is -1.68. The molecule has 0 aliphatic heterocycles. The van der Waals surface area contributed by atoms with E-state index in [1.807, 2.05) is 19.1 Å². The number of hydrogen-bond donors (Lipinski definition) is 2. The lowest BCUT2D eigenvalue weighted by Gasteiger charge is -2.11. The molecule has 0 saturated heterocycles. The van der Waals surface area contributed by atoms with E-state index in [-0.39, 0.29) is 29.7 Å². The number of ether oxygens (including phenoxy) is 1. The van der Waals surface area contributed by atoms with E-state index in [2.05, 4.69) is 25.3 Å². The smallest absolute Gasteiger partial charge is 0.387 e. The number of aromatic nitrogens is 1. The topological polar surface area (TPSA) is 58.5 Å². The van der Waals surface area contributed by atoms with Gasteiger partial charge in [0.15, 0.2) is 5.96 Å². The number of guanidine groups is 1. The lowest BCUT2D eigenvalue weighted by Crippen LogP contribution is -2.38. The van der Waals surface area contributed by atoms with Crippen molar-refractivity contribution in [3.05, 3.63) is 58.9 Å². The zero-order chi connectivity index (χ0) is 18.8. The van der Waals surface area contributed by atoms with Crippen LogP contribution in [-0.4, -0.2) is 30.6 Å². The Labute approximate surface area is 179 Å². The number of halogens is 4. The van der Waals surface area contributed by atoms with E-state index >= 15 is 0 Å². The molecule has 0 spiro atoms. The van der Waals surface area contributed by atoms with Crippen LogP contribution in [-0.2, 0) is 13.0 Å². The van der Waals surface area contributed by atoms with Crippen LogP contribution >= 0.6 is 35.6 Å². The highest BCUT2D eigenvalue weighted by molar-refractivity contribution is 14.0. The number of nitrogens with one attached hydrogen (secondary N) is 2. The molecule has 5 nitrogen and oxygen atoms in total. The Balaban J connectivity index is 0.00000364.